The van der Waals surface area contributed by atoms with Gasteiger partial charge in [0.2, 0.25) is 0 Å². The summed E-state index contributed by atoms with van der Waals surface area (Å²) in [6, 6.07) is 11.4. The Kier molecular flexibility index (Phi) is 6.20. The van der Waals surface area contributed by atoms with E-state index in [1.807, 2.05) is 47.3 Å². The summed E-state index contributed by atoms with van der Waals surface area (Å²) in [6.45, 7) is 0.760. The number of nitrogens with zero attached hydrogens (tertiary/aromatic N) is 2. The monoisotopic (exact) mass is 470 g/mol. The fourth-order valence-corrected chi connectivity index (χ4v) is 4.04. The number of aromatic nitrogens is 2. The second-order valence-electron chi connectivity index (χ2n) is 7.13. The van der Waals surface area contributed by atoms with Gasteiger partial charge in [0.1, 0.15) is 12.0 Å². The van der Waals surface area contributed by atoms with Gasteiger partial charge in [0.15, 0.2) is 0 Å². The highest BCUT2D eigenvalue weighted by Gasteiger charge is 2.20. The molecule has 156 valence electrons. The first kappa shape index (κ1) is 20.6. The van der Waals surface area contributed by atoms with Gasteiger partial charge in [-0.2, -0.15) is 5.10 Å². The maximum absolute atomic E-state index is 12.6. The number of benzene rings is 2. The molecule has 0 spiro atoms. The molecule has 1 saturated heterocycles. The zero-order valence-electron chi connectivity index (χ0n) is 16.9. The third-order valence-electron chi connectivity index (χ3n) is 5.26. The van der Waals surface area contributed by atoms with Crippen molar-refractivity contribution in [3.05, 3.63) is 58.8 Å². The molecule has 0 amide bonds. The predicted octanol–water partition coefficient (Wildman–Crippen LogP) is 5.47. The van der Waals surface area contributed by atoms with Gasteiger partial charge in [-0.3, -0.25) is 0 Å². The SMILES string of the molecule is COC(=O)c1cc(-c2cnn(C3CCCCO3)c2)ccc1-c1ccc(Br)cc1OC. The molecule has 1 fully saturated rings. The summed E-state index contributed by atoms with van der Waals surface area (Å²) in [4.78, 5) is 12.6. The van der Waals surface area contributed by atoms with Gasteiger partial charge in [-0.05, 0) is 54.7 Å². The van der Waals surface area contributed by atoms with Crippen LogP contribution in [0.3, 0.4) is 0 Å². The van der Waals surface area contributed by atoms with Gasteiger partial charge in [-0.15, -0.1) is 0 Å². The topological polar surface area (TPSA) is 62.6 Å². The second-order valence-corrected chi connectivity index (χ2v) is 8.04. The quantitative estimate of drug-likeness (QED) is 0.462. The molecular formula is C23H23BrN2O4. The Labute approximate surface area is 183 Å². The molecule has 30 heavy (non-hydrogen) atoms. The van der Waals surface area contributed by atoms with Crippen molar-refractivity contribution in [2.24, 2.45) is 0 Å². The summed E-state index contributed by atoms with van der Waals surface area (Å²) in [5.74, 6) is 0.268. The van der Waals surface area contributed by atoms with E-state index in [-0.39, 0.29) is 6.23 Å². The van der Waals surface area contributed by atoms with Crippen LogP contribution in [0.25, 0.3) is 22.3 Å². The highest BCUT2D eigenvalue weighted by Crippen LogP contribution is 2.37. The number of hydrogen-bond acceptors (Lipinski definition) is 5. The average molecular weight is 471 g/mol. The van der Waals surface area contributed by atoms with Crippen molar-refractivity contribution in [2.75, 3.05) is 20.8 Å². The van der Waals surface area contributed by atoms with E-state index in [1.165, 1.54) is 7.11 Å². The smallest absolute Gasteiger partial charge is 0.338 e. The standard InChI is InChI=1S/C23H23BrN2O4/c1-28-21-12-17(24)7-9-19(21)18-8-6-15(11-20(18)23(27)29-2)16-13-25-26(14-16)22-5-3-4-10-30-22/h6-9,11-14,22H,3-5,10H2,1-2H3. The van der Waals surface area contributed by atoms with Crippen molar-refractivity contribution < 1.29 is 19.0 Å². The van der Waals surface area contributed by atoms with E-state index in [4.69, 9.17) is 14.2 Å². The predicted molar refractivity (Wildman–Crippen MR) is 118 cm³/mol. The molecule has 1 aromatic heterocycles. The molecule has 4 rings (SSSR count). The molecule has 1 unspecified atom stereocenters. The lowest BCUT2D eigenvalue weighted by Crippen LogP contribution is -2.18. The van der Waals surface area contributed by atoms with Gasteiger partial charge in [-0.1, -0.05) is 28.1 Å². The average Bonchev–Trinajstić information content (AvgIpc) is 3.29. The summed E-state index contributed by atoms with van der Waals surface area (Å²) in [5.41, 5.74) is 3.84. The Morgan fingerprint density at radius 2 is 1.97 bits per heavy atom. The highest BCUT2D eigenvalue weighted by atomic mass is 79.9. The molecule has 2 heterocycles. The summed E-state index contributed by atoms with van der Waals surface area (Å²) in [7, 11) is 3.00. The Bertz CT molecular complexity index is 1060. The van der Waals surface area contributed by atoms with E-state index in [2.05, 4.69) is 21.0 Å². The van der Waals surface area contributed by atoms with Crippen LogP contribution in [0.2, 0.25) is 0 Å². The minimum Gasteiger partial charge on any atom is -0.496 e. The summed E-state index contributed by atoms with van der Waals surface area (Å²) < 4.78 is 19.2. The van der Waals surface area contributed by atoms with Crippen LogP contribution in [0, 0.1) is 0 Å². The molecule has 0 N–H and O–H groups in total. The van der Waals surface area contributed by atoms with Crippen LogP contribution in [-0.2, 0) is 9.47 Å². The number of hydrogen-bond donors (Lipinski definition) is 0. The van der Waals surface area contributed by atoms with E-state index in [0.717, 1.165) is 52.6 Å². The second kappa shape index (κ2) is 9.02. The lowest BCUT2D eigenvalue weighted by molar-refractivity contribution is -0.0394. The van der Waals surface area contributed by atoms with Crippen LogP contribution < -0.4 is 4.74 Å². The molecule has 1 aliphatic rings. The molecule has 0 aliphatic carbocycles. The van der Waals surface area contributed by atoms with E-state index >= 15 is 0 Å². The number of ether oxygens (including phenoxy) is 3. The van der Waals surface area contributed by atoms with Crippen molar-refractivity contribution in [3.8, 4) is 28.0 Å². The summed E-state index contributed by atoms with van der Waals surface area (Å²) >= 11 is 3.46. The first-order valence-electron chi connectivity index (χ1n) is 9.83. The third-order valence-corrected chi connectivity index (χ3v) is 5.76. The maximum atomic E-state index is 12.6. The molecule has 0 bridgehead atoms. The molecule has 1 atom stereocenters. The molecule has 0 radical (unpaired) electrons. The molecule has 1 aliphatic heterocycles. The van der Waals surface area contributed by atoms with Crippen LogP contribution >= 0.6 is 15.9 Å². The Morgan fingerprint density at radius 3 is 2.70 bits per heavy atom. The minimum atomic E-state index is -0.403. The number of carbonyl (C=O) groups excluding carboxylic acids is 1. The van der Waals surface area contributed by atoms with E-state index in [9.17, 15) is 4.79 Å². The van der Waals surface area contributed by atoms with E-state index < -0.39 is 5.97 Å². The van der Waals surface area contributed by atoms with E-state index in [0.29, 0.717) is 11.3 Å². The number of carbonyl (C=O) groups is 1. The van der Waals surface area contributed by atoms with Crippen molar-refractivity contribution >= 4 is 21.9 Å². The lowest BCUT2D eigenvalue weighted by Gasteiger charge is -2.22. The number of esters is 1. The van der Waals surface area contributed by atoms with Crippen molar-refractivity contribution in [1.82, 2.24) is 9.78 Å². The van der Waals surface area contributed by atoms with Crippen LogP contribution in [0.5, 0.6) is 5.75 Å². The first-order valence-corrected chi connectivity index (χ1v) is 10.6. The molecular weight excluding hydrogens is 448 g/mol. The fourth-order valence-electron chi connectivity index (χ4n) is 3.70. The van der Waals surface area contributed by atoms with Crippen LogP contribution in [0.15, 0.2) is 53.3 Å². The normalized spacial score (nSPS) is 16.3. The molecule has 7 heteroatoms. The number of rotatable bonds is 5. The Morgan fingerprint density at radius 1 is 1.13 bits per heavy atom. The van der Waals surface area contributed by atoms with Crippen molar-refractivity contribution in [3.63, 3.8) is 0 Å². The summed E-state index contributed by atoms with van der Waals surface area (Å²) in [6.07, 6.45) is 6.92. The largest absolute Gasteiger partial charge is 0.496 e. The molecule has 6 nitrogen and oxygen atoms in total. The van der Waals surface area contributed by atoms with Gasteiger partial charge in [0.05, 0.1) is 26.0 Å². The van der Waals surface area contributed by atoms with Gasteiger partial charge in [0, 0.05) is 28.4 Å². The Balaban J connectivity index is 1.74. The number of methoxy groups -OCH3 is 2. The molecule has 0 saturated carbocycles. The molecule has 2 aromatic carbocycles. The van der Waals surface area contributed by atoms with E-state index in [1.54, 1.807) is 13.3 Å². The minimum absolute atomic E-state index is 0.0288. The van der Waals surface area contributed by atoms with Gasteiger partial charge in [-0.25, -0.2) is 9.48 Å². The van der Waals surface area contributed by atoms with Crippen LogP contribution in [0.4, 0.5) is 0 Å². The van der Waals surface area contributed by atoms with Crippen LogP contribution in [0.1, 0.15) is 35.8 Å². The third kappa shape index (κ3) is 4.13. The number of halogens is 1. The van der Waals surface area contributed by atoms with Gasteiger partial charge < -0.3 is 14.2 Å². The van der Waals surface area contributed by atoms with Crippen LogP contribution in [-0.4, -0.2) is 36.6 Å². The Hall–Kier alpha value is -2.64. The van der Waals surface area contributed by atoms with Crippen molar-refractivity contribution in [2.45, 2.75) is 25.5 Å². The molecule has 3 aromatic rings. The lowest BCUT2D eigenvalue weighted by atomic mass is 9.95. The zero-order chi connectivity index (χ0) is 21.1. The first-order chi connectivity index (χ1) is 14.6. The maximum Gasteiger partial charge on any atom is 0.338 e. The highest BCUT2D eigenvalue weighted by molar-refractivity contribution is 9.10. The summed E-state index contributed by atoms with van der Waals surface area (Å²) in [5, 5.41) is 4.48. The zero-order valence-corrected chi connectivity index (χ0v) is 18.5. The fraction of sp³-hybridized carbons (Fsp3) is 0.304. The van der Waals surface area contributed by atoms with Crippen molar-refractivity contribution in [1.29, 1.82) is 0 Å². The van der Waals surface area contributed by atoms with Gasteiger partial charge >= 0.3 is 5.97 Å². The van der Waals surface area contributed by atoms with Gasteiger partial charge in [0.25, 0.3) is 0 Å².